The van der Waals surface area contributed by atoms with Gasteiger partial charge in [0.1, 0.15) is 0 Å². The van der Waals surface area contributed by atoms with Gasteiger partial charge in [-0.05, 0) is 17.9 Å². The molecule has 0 spiro atoms. The molecule has 0 aliphatic carbocycles. The van der Waals surface area contributed by atoms with Gasteiger partial charge < -0.3 is 15.8 Å². The van der Waals surface area contributed by atoms with Crippen molar-refractivity contribution in [2.24, 2.45) is 5.73 Å². The molecule has 5 nitrogen and oxygen atoms in total. The Balaban J connectivity index is 0.00000220. The van der Waals surface area contributed by atoms with Crippen LogP contribution in [0.5, 0.6) is 0 Å². The van der Waals surface area contributed by atoms with Crippen LogP contribution >= 0.6 is 36.2 Å². The SMILES string of the molecule is CC[C@H](N)C(=O)NCC(c1cccs1)N1CCOCC1.Cl.Cl. The van der Waals surface area contributed by atoms with Crippen LogP contribution in [-0.4, -0.2) is 49.7 Å². The summed E-state index contributed by atoms with van der Waals surface area (Å²) in [5, 5.41) is 5.05. The fourth-order valence-electron chi connectivity index (χ4n) is 2.29. The molecule has 0 bridgehead atoms. The molecule has 0 aromatic carbocycles. The summed E-state index contributed by atoms with van der Waals surface area (Å²) in [6.07, 6.45) is 0.660. The fraction of sp³-hybridized carbons (Fsp3) is 0.643. The molecule has 3 N–H and O–H groups in total. The first-order valence-electron chi connectivity index (χ1n) is 7.11. The molecule has 128 valence electrons. The quantitative estimate of drug-likeness (QED) is 0.802. The number of thiophene rings is 1. The van der Waals surface area contributed by atoms with Crippen LogP contribution < -0.4 is 11.1 Å². The van der Waals surface area contributed by atoms with E-state index in [1.54, 1.807) is 11.3 Å². The zero-order valence-electron chi connectivity index (χ0n) is 12.7. The van der Waals surface area contributed by atoms with Gasteiger partial charge in [-0.25, -0.2) is 0 Å². The Morgan fingerprint density at radius 3 is 2.68 bits per heavy atom. The summed E-state index contributed by atoms with van der Waals surface area (Å²) >= 11 is 1.73. The van der Waals surface area contributed by atoms with Gasteiger partial charge in [-0.1, -0.05) is 13.0 Å². The van der Waals surface area contributed by atoms with Gasteiger partial charge in [0.05, 0.1) is 25.3 Å². The third kappa shape index (κ3) is 6.02. The highest BCUT2D eigenvalue weighted by atomic mass is 35.5. The van der Waals surface area contributed by atoms with Gasteiger partial charge in [0, 0.05) is 24.5 Å². The fourth-order valence-corrected chi connectivity index (χ4v) is 3.15. The Kier molecular flexibility index (Phi) is 11.0. The van der Waals surface area contributed by atoms with E-state index in [4.69, 9.17) is 10.5 Å². The Morgan fingerprint density at radius 1 is 1.45 bits per heavy atom. The maximum absolute atomic E-state index is 11.9. The molecule has 1 unspecified atom stereocenters. The van der Waals surface area contributed by atoms with Crippen molar-refractivity contribution >= 4 is 42.1 Å². The number of nitrogens with zero attached hydrogens (tertiary/aromatic N) is 1. The van der Waals surface area contributed by atoms with Crippen molar-refractivity contribution in [2.45, 2.75) is 25.4 Å². The maximum Gasteiger partial charge on any atom is 0.236 e. The topological polar surface area (TPSA) is 67.6 Å². The number of hydrogen-bond acceptors (Lipinski definition) is 5. The van der Waals surface area contributed by atoms with Crippen molar-refractivity contribution in [3.8, 4) is 0 Å². The van der Waals surface area contributed by atoms with Crippen LogP contribution in [0.15, 0.2) is 17.5 Å². The average Bonchev–Trinajstić information content (AvgIpc) is 3.01. The van der Waals surface area contributed by atoms with E-state index < -0.39 is 6.04 Å². The first-order chi connectivity index (χ1) is 9.72. The number of morpholine rings is 1. The molecule has 2 atom stereocenters. The summed E-state index contributed by atoms with van der Waals surface area (Å²) in [5.74, 6) is -0.0673. The van der Waals surface area contributed by atoms with Crippen LogP contribution in [0.25, 0.3) is 0 Å². The van der Waals surface area contributed by atoms with Crippen molar-refractivity contribution in [1.82, 2.24) is 10.2 Å². The average molecular weight is 370 g/mol. The highest BCUT2D eigenvalue weighted by Gasteiger charge is 2.24. The monoisotopic (exact) mass is 369 g/mol. The van der Waals surface area contributed by atoms with Crippen LogP contribution in [0, 0.1) is 0 Å². The molecule has 1 aromatic rings. The zero-order chi connectivity index (χ0) is 14.4. The lowest BCUT2D eigenvalue weighted by molar-refractivity contribution is -0.122. The highest BCUT2D eigenvalue weighted by molar-refractivity contribution is 7.10. The molecule has 1 saturated heterocycles. The molecular weight excluding hydrogens is 345 g/mol. The van der Waals surface area contributed by atoms with Crippen LogP contribution in [0.2, 0.25) is 0 Å². The van der Waals surface area contributed by atoms with E-state index in [9.17, 15) is 4.79 Å². The second-order valence-electron chi connectivity index (χ2n) is 4.94. The zero-order valence-corrected chi connectivity index (χ0v) is 15.1. The van der Waals surface area contributed by atoms with E-state index >= 15 is 0 Å². The van der Waals surface area contributed by atoms with Gasteiger partial charge in [0.15, 0.2) is 0 Å². The highest BCUT2D eigenvalue weighted by Crippen LogP contribution is 2.25. The molecule has 1 aliphatic heterocycles. The van der Waals surface area contributed by atoms with Crippen molar-refractivity contribution in [3.63, 3.8) is 0 Å². The lowest BCUT2D eigenvalue weighted by Gasteiger charge is -2.34. The molecule has 2 rings (SSSR count). The molecule has 1 amide bonds. The lowest BCUT2D eigenvalue weighted by atomic mass is 10.1. The largest absolute Gasteiger partial charge is 0.379 e. The van der Waals surface area contributed by atoms with Gasteiger partial charge >= 0.3 is 0 Å². The summed E-state index contributed by atoms with van der Waals surface area (Å²) < 4.78 is 5.40. The normalized spacial score (nSPS) is 17.7. The van der Waals surface area contributed by atoms with Gasteiger partial charge in [0.25, 0.3) is 0 Å². The number of ether oxygens (including phenoxy) is 1. The Hall–Kier alpha value is -0.370. The number of hydrogen-bond donors (Lipinski definition) is 2. The molecule has 1 aliphatic rings. The molecule has 1 aromatic heterocycles. The first kappa shape index (κ1) is 21.6. The second kappa shape index (κ2) is 11.2. The minimum atomic E-state index is -0.413. The Bertz CT molecular complexity index is 414. The van der Waals surface area contributed by atoms with E-state index in [0.29, 0.717) is 13.0 Å². The predicted octanol–water partition coefficient (Wildman–Crippen LogP) is 1.82. The van der Waals surface area contributed by atoms with Crippen molar-refractivity contribution in [2.75, 3.05) is 32.8 Å². The summed E-state index contributed by atoms with van der Waals surface area (Å²) in [6.45, 7) is 5.83. The van der Waals surface area contributed by atoms with E-state index in [1.165, 1.54) is 4.88 Å². The molecule has 8 heteroatoms. The molecule has 2 heterocycles. The van der Waals surface area contributed by atoms with Crippen molar-refractivity contribution in [3.05, 3.63) is 22.4 Å². The number of nitrogens with one attached hydrogen (secondary N) is 1. The number of nitrogens with two attached hydrogens (primary N) is 1. The van der Waals surface area contributed by atoms with Crippen LogP contribution in [0.1, 0.15) is 24.3 Å². The Morgan fingerprint density at radius 2 is 2.14 bits per heavy atom. The molecule has 1 fully saturated rings. The predicted molar refractivity (Wildman–Crippen MR) is 95.2 cm³/mol. The van der Waals surface area contributed by atoms with Crippen LogP contribution in [0.4, 0.5) is 0 Å². The van der Waals surface area contributed by atoms with E-state index in [2.05, 4.69) is 21.7 Å². The van der Waals surface area contributed by atoms with Crippen LogP contribution in [-0.2, 0) is 9.53 Å². The Labute approximate surface area is 148 Å². The standard InChI is InChI=1S/C14H23N3O2S.2ClH/c1-2-11(15)14(18)16-10-12(13-4-3-9-20-13)17-5-7-19-8-6-17;;/h3-4,9,11-12H,2,5-8,10,15H2,1H3,(H,16,18);2*1H/t11-,12?;;/m0../s1. The number of halogens is 2. The van der Waals surface area contributed by atoms with E-state index in [-0.39, 0.29) is 36.8 Å². The van der Waals surface area contributed by atoms with Gasteiger partial charge in [-0.2, -0.15) is 0 Å². The number of carbonyl (C=O) groups is 1. The summed E-state index contributed by atoms with van der Waals surface area (Å²) in [7, 11) is 0. The number of amides is 1. The summed E-state index contributed by atoms with van der Waals surface area (Å²) in [5.41, 5.74) is 5.76. The van der Waals surface area contributed by atoms with Crippen LogP contribution in [0.3, 0.4) is 0 Å². The number of rotatable bonds is 6. The molecule has 0 radical (unpaired) electrons. The molecule has 22 heavy (non-hydrogen) atoms. The summed E-state index contributed by atoms with van der Waals surface area (Å²) in [6, 6.07) is 3.97. The summed E-state index contributed by atoms with van der Waals surface area (Å²) in [4.78, 5) is 15.5. The minimum Gasteiger partial charge on any atom is -0.379 e. The second-order valence-corrected chi connectivity index (χ2v) is 5.92. The van der Waals surface area contributed by atoms with Crippen molar-refractivity contribution in [1.29, 1.82) is 0 Å². The third-order valence-corrected chi connectivity index (χ3v) is 4.58. The van der Waals surface area contributed by atoms with Gasteiger partial charge in [-0.15, -0.1) is 36.2 Å². The van der Waals surface area contributed by atoms with E-state index in [0.717, 1.165) is 26.3 Å². The van der Waals surface area contributed by atoms with Gasteiger partial charge in [0.2, 0.25) is 5.91 Å². The molecule has 0 saturated carbocycles. The first-order valence-corrected chi connectivity index (χ1v) is 7.98. The lowest BCUT2D eigenvalue weighted by Crippen LogP contribution is -2.46. The molecular formula is C14H25Cl2N3O2S. The minimum absolute atomic E-state index is 0. The van der Waals surface area contributed by atoms with Gasteiger partial charge in [-0.3, -0.25) is 9.69 Å². The number of carbonyl (C=O) groups excluding carboxylic acids is 1. The smallest absolute Gasteiger partial charge is 0.236 e. The van der Waals surface area contributed by atoms with Crippen molar-refractivity contribution < 1.29 is 9.53 Å². The van der Waals surface area contributed by atoms with E-state index in [1.807, 2.05) is 13.0 Å². The maximum atomic E-state index is 11.9. The third-order valence-electron chi connectivity index (χ3n) is 3.60.